The Labute approximate surface area is 95.1 Å². The van der Waals surface area contributed by atoms with Crippen LogP contribution >= 0.6 is 23.5 Å². The molecule has 0 N–H and O–H groups in total. The Kier molecular flexibility index (Phi) is 6.97. The van der Waals surface area contributed by atoms with E-state index < -0.39 is 0 Å². The number of nitrogens with zero attached hydrogens (tertiary/aromatic N) is 1. The van der Waals surface area contributed by atoms with Gasteiger partial charge < -0.3 is 0 Å². The SMILES string of the molecule is CCSCCSCCc1ccccn1. The van der Waals surface area contributed by atoms with Gasteiger partial charge in [-0.05, 0) is 30.1 Å². The van der Waals surface area contributed by atoms with Crippen LogP contribution in [-0.4, -0.2) is 28.0 Å². The minimum Gasteiger partial charge on any atom is -0.261 e. The number of rotatable bonds is 7. The normalized spacial score (nSPS) is 10.4. The second kappa shape index (κ2) is 8.18. The average molecular weight is 227 g/mol. The van der Waals surface area contributed by atoms with Crippen molar-refractivity contribution in [3.63, 3.8) is 0 Å². The molecular weight excluding hydrogens is 210 g/mol. The van der Waals surface area contributed by atoms with Gasteiger partial charge in [-0.3, -0.25) is 4.98 Å². The van der Waals surface area contributed by atoms with Crippen LogP contribution in [0.4, 0.5) is 0 Å². The van der Waals surface area contributed by atoms with Crippen LogP contribution in [0.1, 0.15) is 12.6 Å². The predicted molar refractivity (Wildman–Crippen MR) is 68.3 cm³/mol. The maximum absolute atomic E-state index is 4.29. The molecule has 0 radical (unpaired) electrons. The molecule has 0 saturated heterocycles. The minimum absolute atomic E-state index is 1.10. The second-order valence-electron chi connectivity index (χ2n) is 2.88. The first-order valence-electron chi connectivity index (χ1n) is 4.99. The fraction of sp³-hybridized carbons (Fsp3) is 0.545. The Morgan fingerprint density at radius 3 is 2.71 bits per heavy atom. The van der Waals surface area contributed by atoms with Gasteiger partial charge in [0.25, 0.3) is 0 Å². The van der Waals surface area contributed by atoms with Crippen LogP contribution in [0.3, 0.4) is 0 Å². The van der Waals surface area contributed by atoms with E-state index in [-0.39, 0.29) is 0 Å². The molecule has 14 heavy (non-hydrogen) atoms. The Balaban J connectivity index is 1.99. The lowest BCUT2D eigenvalue weighted by atomic mass is 10.3. The molecule has 1 heterocycles. The Morgan fingerprint density at radius 2 is 2.00 bits per heavy atom. The van der Waals surface area contributed by atoms with E-state index in [0.29, 0.717) is 0 Å². The van der Waals surface area contributed by atoms with Crippen LogP contribution in [0.2, 0.25) is 0 Å². The smallest absolute Gasteiger partial charge is 0.0411 e. The van der Waals surface area contributed by atoms with Crippen molar-refractivity contribution in [2.45, 2.75) is 13.3 Å². The molecule has 1 aromatic heterocycles. The van der Waals surface area contributed by atoms with Gasteiger partial charge >= 0.3 is 0 Å². The lowest BCUT2D eigenvalue weighted by Crippen LogP contribution is -1.93. The molecule has 0 fully saturated rings. The van der Waals surface area contributed by atoms with Crippen molar-refractivity contribution >= 4 is 23.5 Å². The van der Waals surface area contributed by atoms with Gasteiger partial charge in [0.1, 0.15) is 0 Å². The van der Waals surface area contributed by atoms with Gasteiger partial charge in [-0.2, -0.15) is 23.5 Å². The third-order valence-electron chi connectivity index (χ3n) is 1.80. The summed E-state index contributed by atoms with van der Waals surface area (Å²) in [4.78, 5) is 4.29. The number of aryl methyl sites for hydroxylation is 1. The van der Waals surface area contributed by atoms with E-state index in [1.54, 1.807) is 0 Å². The van der Waals surface area contributed by atoms with Gasteiger partial charge in [-0.15, -0.1) is 0 Å². The van der Waals surface area contributed by atoms with Gasteiger partial charge in [0.2, 0.25) is 0 Å². The number of aromatic nitrogens is 1. The largest absolute Gasteiger partial charge is 0.261 e. The van der Waals surface area contributed by atoms with Gasteiger partial charge in [-0.25, -0.2) is 0 Å². The summed E-state index contributed by atoms with van der Waals surface area (Å²) in [6.07, 6.45) is 2.97. The fourth-order valence-corrected chi connectivity index (χ4v) is 2.88. The summed E-state index contributed by atoms with van der Waals surface area (Å²) in [5.74, 6) is 4.98. The number of hydrogen-bond acceptors (Lipinski definition) is 3. The topological polar surface area (TPSA) is 12.9 Å². The Bertz CT molecular complexity index is 226. The first-order chi connectivity index (χ1) is 6.93. The van der Waals surface area contributed by atoms with E-state index in [4.69, 9.17) is 0 Å². The van der Waals surface area contributed by atoms with E-state index in [1.165, 1.54) is 28.7 Å². The zero-order chi connectivity index (χ0) is 10.1. The Morgan fingerprint density at radius 1 is 1.14 bits per heavy atom. The molecular formula is C11H17NS2. The van der Waals surface area contributed by atoms with E-state index >= 15 is 0 Å². The summed E-state index contributed by atoms with van der Waals surface area (Å²) in [7, 11) is 0. The number of pyridine rings is 1. The Hall–Kier alpha value is -0.150. The molecule has 0 bridgehead atoms. The molecule has 0 aliphatic heterocycles. The summed E-state index contributed by atoms with van der Waals surface area (Å²) in [5.41, 5.74) is 1.21. The molecule has 0 aliphatic rings. The van der Waals surface area contributed by atoms with Crippen LogP contribution in [-0.2, 0) is 6.42 Å². The quantitative estimate of drug-likeness (QED) is 0.664. The van der Waals surface area contributed by atoms with Crippen LogP contribution in [0.25, 0.3) is 0 Å². The highest BCUT2D eigenvalue weighted by Crippen LogP contribution is 2.08. The first-order valence-corrected chi connectivity index (χ1v) is 7.30. The van der Waals surface area contributed by atoms with Crippen LogP contribution in [0.15, 0.2) is 24.4 Å². The average Bonchev–Trinajstić information content (AvgIpc) is 2.25. The number of thioether (sulfide) groups is 2. The minimum atomic E-state index is 1.10. The zero-order valence-corrected chi connectivity index (χ0v) is 10.2. The summed E-state index contributed by atoms with van der Waals surface area (Å²) >= 11 is 4.05. The highest BCUT2D eigenvalue weighted by atomic mass is 32.2. The van der Waals surface area contributed by atoms with E-state index in [2.05, 4.69) is 24.0 Å². The molecule has 0 aromatic carbocycles. The van der Waals surface area contributed by atoms with Crippen LogP contribution < -0.4 is 0 Å². The number of hydrogen-bond donors (Lipinski definition) is 0. The van der Waals surface area contributed by atoms with E-state index in [9.17, 15) is 0 Å². The molecule has 1 aromatic rings. The third-order valence-corrected chi connectivity index (χ3v) is 3.95. The molecule has 0 saturated carbocycles. The first kappa shape index (κ1) is 11.9. The van der Waals surface area contributed by atoms with Gasteiger partial charge in [-0.1, -0.05) is 13.0 Å². The molecule has 0 amide bonds. The molecule has 0 aliphatic carbocycles. The highest BCUT2D eigenvalue weighted by molar-refractivity contribution is 8.02. The summed E-state index contributed by atoms with van der Waals surface area (Å²) in [6, 6.07) is 6.12. The molecule has 1 rings (SSSR count). The van der Waals surface area contributed by atoms with Gasteiger partial charge in [0.15, 0.2) is 0 Å². The monoisotopic (exact) mass is 227 g/mol. The van der Waals surface area contributed by atoms with Gasteiger partial charge in [0.05, 0.1) is 0 Å². The van der Waals surface area contributed by atoms with Crippen molar-refractivity contribution in [1.82, 2.24) is 4.98 Å². The van der Waals surface area contributed by atoms with Crippen LogP contribution in [0, 0.1) is 0 Å². The van der Waals surface area contributed by atoms with Crippen molar-refractivity contribution < 1.29 is 0 Å². The standard InChI is InChI=1S/C11H17NS2/c1-2-13-9-10-14-8-6-11-5-3-4-7-12-11/h3-5,7H,2,6,8-10H2,1H3. The molecule has 78 valence electrons. The molecule has 3 heteroatoms. The highest BCUT2D eigenvalue weighted by Gasteiger charge is 1.93. The third kappa shape index (κ3) is 5.55. The van der Waals surface area contributed by atoms with E-state index in [0.717, 1.165) is 6.42 Å². The predicted octanol–water partition coefficient (Wildman–Crippen LogP) is 3.11. The summed E-state index contributed by atoms with van der Waals surface area (Å²) < 4.78 is 0. The fourth-order valence-electron chi connectivity index (χ4n) is 1.09. The second-order valence-corrected chi connectivity index (χ2v) is 5.50. The van der Waals surface area contributed by atoms with Crippen molar-refractivity contribution in [2.24, 2.45) is 0 Å². The van der Waals surface area contributed by atoms with Crippen LogP contribution in [0.5, 0.6) is 0 Å². The maximum Gasteiger partial charge on any atom is 0.0411 e. The maximum atomic E-state index is 4.29. The molecule has 0 spiro atoms. The van der Waals surface area contributed by atoms with Crippen molar-refractivity contribution in [1.29, 1.82) is 0 Å². The van der Waals surface area contributed by atoms with Crippen molar-refractivity contribution in [2.75, 3.05) is 23.0 Å². The lowest BCUT2D eigenvalue weighted by molar-refractivity contribution is 1.05. The van der Waals surface area contributed by atoms with Crippen molar-refractivity contribution in [3.8, 4) is 0 Å². The van der Waals surface area contributed by atoms with E-state index in [1.807, 2.05) is 35.8 Å². The lowest BCUT2D eigenvalue weighted by Gasteiger charge is -2.00. The molecule has 0 atom stereocenters. The van der Waals surface area contributed by atoms with Crippen molar-refractivity contribution in [3.05, 3.63) is 30.1 Å². The van der Waals surface area contributed by atoms with Gasteiger partial charge in [0, 0.05) is 23.4 Å². The zero-order valence-electron chi connectivity index (χ0n) is 8.61. The summed E-state index contributed by atoms with van der Waals surface area (Å²) in [5, 5.41) is 0. The molecule has 1 nitrogen and oxygen atoms in total. The summed E-state index contributed by atoms with van der Waals surface area (Å²) in [6.45, 7) is 2.21. The molecule has 0 unspecified atom stereocenters.